The third-order valence-electron chi connectivity index (χ3n) is 6.89. The number of nitrogens with one attached hydrogen (secondary N) is 2. The predicted octanol–water partition coefficient (Wildman–Crippen LogP) is 2.81. The van der Waals surface area contributed by atoms with E-state index in [4.69, 9.17) is 9.47 Å². The molecule has 1 saturated carbocycles. The number of rotatable bonds is 6. The largest absolute Gasteiger partial charge is 0.488 e. The van der Waals surface area contributed by atoms with Crippen LogP contribution >= 0.6 is 0 Å². The highest BCUT2D eigenvalue weighted by atomic mass is 16.6. The van der Waals surface area contributed by atoms with Crippen LogP contribution < -0.4 is 15.4 Å². The molecular weight excluding hydrogens is 406 g/mol. The molecule has 2 saturated heterocycles. The Balaban J connectivity index is 1.26. The molecule has 3 aliphatic rings. The molecule has 8 heteroatoms. The molecule has 3 aromatic heterocycles. The molecule has 0 spiro atoms. The normalized spacial score (nSPS) is 28.2. The number of anilines is 1. The van der Waals surface area contributed by atoms with Gasteiger partial charge in [0.05, 0.1) is 18.3 Å². The summed E-state index contributed by atoms with van der Waals surface area (Å²) in [6.45, 7) is 6.14. The number of morpholine rings is 1. The van der Waals surface area contributed by atoms with Gasteiger partial charge in [0.1, 0.15) is 18.0 Å². The Hall–Kier alpha value is -2.97. The molecule has 1 amide bonds. The zero-order chi connectivity index (χ0) is 21.9. The van der Waals surface area contributed by atoms with Crippen molar-refractivity contribution in [1.29, 1.82) is 0 Å². The lowest BCUT2D eigenvalue weighted by Crippen LogP contribution is -2.43. The molecule has 8 nitrogen and oxygen atoms in total. The number of amides is 1. The van der Waals surface area contributed by atoms with E-state index < -0.39 is 0 Å². The first-order chi connectivity index (χ1) is 15.5. The van der Waals surface area contributed by atoms with Crippen LogP contribution in [0.2, 0.25) is 0 Å². The van der Waals surface area contributed by atoms with Crippen molar-refractivity contribution < 1.29 is 14.3 Å². The predicted molar refractivity (Wildman–Crippen MR) is 120 cm³/mol. The molecule has 1 aliphatic carbocycles. The quantitative estimate of drug-likeness (QED) is 0.621. The van der Waals surface area contributed by atoms with Gasteiger partial charge >= 0.3 is 0 Å². The van der Waals surface area contributed by atoms with Crippen LogP contribution in [0.15, 0.2) is 36.7 Å². The summed E-state index contributed by atoms with van der Waals surface area (Å²) in [5.41, 5.74) is 3.58. The second kappa shape index (κ2) is 7.28. The lowest BCUT2D eigenvalue weighted by Gasteiger charge is -2.27. The Bertz CT molecular complexity index is 1200. The average molecular weight is 434 g/mol. The van der Waals surface area contributed by atoms with Crippen LogP contribution in [0, 0.1) is 18.8 Å². The van der Waals surface area contributed by atoms with Gasteiger partial charge in [-0.15, -0.1) is 0 Å². The first-order valence-electron chi connectivity index (χ1n) is 11.3. The van der Waals surface area contributed by atoms with Crippen LogP contribution in [0.3, 0.4) is 0 Å². The summed E-state index contributed by atoms with van der Waals surface area (Å²) in [6.07, 6.45) is 5.64. The standard InChI is InChI=1S/C24H27N5O3/c1-14-5-19(14)23(30)27-22-8-18-7-16(3-4-29(18)28-22)20-6-15(2)25-10-21(20)31-13-24-9-17(11-32-24)26-12-24/h3-4,6-8,10,14,17,19,26H,5,9,11-13H2,1-2H3,(H,27,28,30)/t14?,17-,19?,24-/m1/s1. The summed E-state index contributed by atoms with van der Waals surface area (Å²) >= 11 is 0. The van der Waals surface area contributed by atoms with E-state index in [2.05, 4.69) is 33.7 Å². The summed E-state index contributed by atoms with van der Waals surface area (Å²) in [7, 11) is 0. The number of fused-ring (bicyclic) bond motifs is 3. The fourth-order valence-corrected chi connectivity index (χ4v) is 4.81. The van der Waals surface area contributed by atoms with Crippen LogP contribution in [0.1, 0.15) is 25.5 Å². The van der Waals surface area contributed by atoms with Crippen molar-refractivity contribution in [3.05, 3.63) is 42.4 Å². The molecule has 32 heavy (non-hydrogen) atoms. The molecule has 4 atom stereocenters. The molecule has 5 heterocycles. The van der Waals surface area contributed by atoms with Gasteiger partial charge in [-0.2, -0.15) is 5.10 Å². The number of nitrogens with zero attached hydrogens (tertiary/aromatic N) is 3. The molecule has 2 N–H and O–H groups in total. The Labute approximate surface area is 186 Å². The van der Waals surface area contributed by atoms with E-state index in [0.29, 0.717) is 24.4 Å². The SMILES string of the molecule is Cc1cc(-c2ccn3nc(NC(=O)C4CC4C)cc3c2)c(OC[C@@]23CN[C@@H](CO2)C3)cn1. The van der Waals surface area contributed by atoms with E-state index >= 15 is 0 Å². The summed E-state index contributed by atoms with van der Waals surface area (Å²) < 4.78 is 14.0. The Morgan fingerprint density at radius 3 is 3.00 bits per heavy atom. The van der Waals surface area contributed by atoms with Gasteiger partial charge in [0.2, 0.25) is 5.91 Å². The number of hydrogen-bond donors (Lipinski definition) is 2. The van der Waals surface area contributed by atoms with Crippen LogP contribution in [-0.2, 0) is 9.53 Å². The van der Waals surface area contributed by atoms with E-state index in [1.165, 1.54) is 0 Å². The molecule has 2 unspecified atom stereocenters. The minimum atomic E-state index is -0.242. The zero-order valence-electron chi connectivity index (χ0n) is 18.3. The van der Waals surface area contributed by atoms with Crippen molar-refractivity contribution in [2.45, 2.75) is 38.3 Å². The van der Waals surface area contributed by atoms with E-state index in [1.807, 2.05) is 31.3 Å². The molecule has 6 rings (SSSR count). The Kier molecular flexibility index (Phi) is 4.48. The smallest absolute Gasteiger partial charge is 0.228 e. The first kappa shape index (κ1) is 19.7. The number of hydrogen-bond acceptors (Lipinski definition) is 6. The monoisotopic (exact) mass is 433 g/mol. The molecule has 2 bridgehead atoms. The zero-order valence-corrected chi connectivity index (χ0v) is 18.3. The lowest BCUT2D eigenvalue weighted by molar-refractivity contribution is -0.117. The highest BCUT2D eigenvalue weighted by Crippen LogP contribution is 2.39. The van der Waals surface area contributed by atoms with Crippen LogP contribution in [-0.4, -0.2) is 51.9 Å². The summed E-state index contributed by atoms with van der Waals surface area (Å²) in [5, 5.41) is 10.9. The highest BCUT2D eigenvalue weighted by Gasteiger charge is 2.47. The van der Waals surface area contributed by atoms with Crippen molar-refractivity contribution in [2.75, 3.05) is 25.1 Å². The van der Waals surface area contributed by atoms with Crippen molar-refractivity contribution in [3.8, 4) is 16.9 Å². The maximum atomic E-state index is 12.3. The lowest BCUT2D eigenvalue weighted by atomic mass is 10.0. The third-order valence-corrected chi connectivity index (χ3v) is 6.89. The first-order valence-corrected chi connectivity index (χ1v) is 11.3. The number of pyridine rings is 2. The summed E-state index contributed by atoms with van der Waals surface area (Å²) in [5.74, 6) is 1.95. The Morgan fingerprint density at radius 1 is 1.41 bits per heavy atom. The second-order valence-corrected chi connectivity index (χ2v) is 9.51. The van der Waals surface area contributed by atoms with Gasteiger partial charge in [-0.25, -0.2) is 4.52 Å². The second-order valence-electron chi connectivity index (χ2n) is 9.51. The number of aromatic nitrogens is 3. The number of carbonyl (C=O) groups is 1. The topological polar surface area (TPSA) is 89.8 Å². The summed E-state index contributed by atoms with van der Waals surface area (Å²) in [4.78, 5) is 16.7. The van der Waals surface area contributed by atoms with Crippen molar-refractivity contribution in [1.82, 2.24) is 19.9 Å². The molecule has 2 aliphatic heterocycles. The third kappa shape index (κ3) is 3.53. The number of aryl methyl sites for hydroxylation is 1. The fraction of sp³-hybridized carbons (Fsp3) is 0.458. The minimum absolute atomic E-state index is 0.0544. The van der Waals surface area contributed by atoms with Crippen molar-refractivity contribution in [3.63, 3.8) is 0 Å². The number of carbonyl (C=O) groups excluding carboxylic acids is 1. The van der Waals surface area contributed by atoms with E-state index in [9.17, 15) is 4.79 Å². The molecular formula is C24H27N5O3. The van der Waals surface area contributed by atoms with Gasteiger partial charge in [-0.1, -0.05) is 6.92 Å². The maximum absolute atomic E-state index is 12.3. The fourth-order valence-electron chi connectivity index (χ4n) is 4.81. The average Bonchev–Trinajstić information content (AvgIpc) is 3.12. The Morgan fingerprint density at radius 2 is 2.28 bits per heavy atom. The van der Waals surface area contributed by atoms with Gasteiger partial charge in [0.15, 0.2) is 5.82 Å². The molecule has 0 radical (unpaired) electrons. The molecule has 3 fully saturated rings. The minimum Gasteiger partial charge on any atom is -0.488 e. The molecule has 0 aromatic carbocycles. The van der Waals surface area contributed by atoms with Crippen molar-refractivity contribution in [2.24, 2.45) is 11.8 Å². The van der Waals surface area contributed by atoms with Gasteiger partial charge in [-0.3, -0.25) is 9.78 Å². The van der Waals surface area contributed by atoms with Gasteiger partial charge in [0.25, 0.3) is 0 Å². The molecule has 3 aromatic rings. The van der Waals surface area contributed by atoms with Gasteiger partial charge in [-0.05, 0) is 49.4 Å². The summed E-state index contributed by atoms with van der Waals surface area (Å²) in [6, 6.07) is 8.45. The van der Waals surface area contributed by atoms with Crippen LogP contribution in [0.5, 0.6) is 5.75 Å². The maximum Gasteiger partial charge on any atom is 0.228 e. The van der Waals surface area contributed by atoms with Crippen molar-refractivity contribution >= 4 is 17.2 Å². The van der Waals surface area contributed by atoms with Gasteiger partial charge < -0.3 is 20.1 Å². The van der Waals surface area contributed by atoms with E-state index in [-0.39, 0.29) is 17.4 Å². The highest BCUT2D eigenvalue weighted by molar-refractivity contribution is 5.94. The van der Waals surface area contributed by atoms with Gasteiger partial charge in [0, 0.05) is 42.0 Å². The number of ether oxygens (including phenoxy) is 2. The van der Waals surface area contributed by atoms with E-state index in [1.54, 1.807) is 10.7 Å². The van der Waals surface area contributed by atoms with Crippen LogP contribution in [0.4, 0.5) is 5.82 Å². The van der Waals surface area contributed by atoms with E-state index in [0.717, 1.165) is 54.1 Å². The molecule has 166 valence electrons. The van der Waals surface area contributed by atoms with Crippen LogP contribution in [0.25, 0.3) is 16.6 Å².